The molecular weight excluding hydrogens is 294 g/mol. The summed E-state index contributed by atoms with van der Waals surface area (Å²) in [6.45, 7) is 3.86. The molecule has 0 aliphatic rings. The summed E-state index contributed by atoms with van der Waals surface area (Å²) in [5.41, 5.74) is 4.65. The maximum Gasteiger partial charge on any atom is 0.145 e. The van der Waals surface area contributed by atoms with Gasteiger partial charge in [0.25, 0.3) is 0 Å². The van der Waals surface area contributed by atoms with Crippen molar-refractivity contribution < 1.29 is 0 Å². The second-order valence-electron chi connectivity index (χ2n) is 3.94. The lowest BCUT2D eigenvalue weighted by Gasteiger charge is -2.10. The van der Waals surface area contributed by atoms with Crippen molar-refractivity contribution in [3.63, 3.8) is 0 Å². The molecular formula is C12H14BrN5. The van der Waals surface area contributed by atoms with Crippen LogP contribution in [0.4, 0.5) is 17.3 Å². The van der Waals surface area contributed by atoms with E-state index in [-0.39, 0.29) is 0 Å². The van der Waals surface area contributed by atoms with Crippen LogP contribution in [0.5, 0.6) is 0 Å². The molecule has 0 amide bonds. The molecule has 0 spiro atoms. The maximum absolute atomic E-state index is 5.35. The number of benzene rings is 1. The van der Waals surface area contributed by atoms with E-state index in [0.29, 0.717) is 17.5 Å². The third-order valence-corrected chi connectivity index (χ3v) is 3.03. The third-order valence-electron chi connectivity index (χ3n) is 2.37. The first-order valence-electron chi connectivity index (χ1n) is 5.44. The van der Waals surface area contributed by atoms with E-state index in [4.69, 9.17) is 5.84 Å². The van der Waals surface area contributed by atoms with Crippen LogP contribution < -0.4 is 16.6 Å². The van der Waals surface area contributed by atoms with E-state index < -0.39 is 0 Å². The zero-order valence-corrected chi connectivity index (χ0v) is 11.7. The number of hydrogen-bond acceptors (Lipinski definition) is 5. The lowest BCUT2D eigenvalue weighted by molar-refractivity contribution is 1.05. The van der Waals surface area contributed by atoms with E-state index in [0.717, 1.165) is 10.2 Å². The molecule has 0 atom stereocenters. The van der Waals surface area contributed by atoms with Crippen LogP contribution in [0.25, 0.3) is 0 Å². The number of halogens is 1. The number of rotatable bonds is 3. The Bertz CT molecular complexity index is 570. The van der Waals surface area contributed by atoms with E-state index in [1.807, 2.05) is 32.0 Å². The van der Waals surface area contributed by atoms with Gasteiger partial charge in [-0.3, -0.25) is 0 Å². The first-order valence-corrected chi connectivity index (χ1v) is 6.23. The number of nitrogens with one attached hydrogen (secondary N) is 2. The van der Waals surface area contributed by atoms with E-state index >= 15 is 0 Å². The van der Waals surface area contributed by atoms with Gasteiger partial charge in [0.05, 0.1) is 5.69 Å². The van der Waals surface area contributed by atoms with Gasteiger partial charge in [0.2, 0.25) is 0 Å². The Morgan fingerprint density at radius 2 is 1.83 bits per heavy atom. The summed E-state index contributed by atoms with van der Waals surface area (Å²) >= 11 is 3.51. The predicted octanol–water partition coefficient (Wildman–Crippen LogP) is 2.89. The summed E-state index contributed by atoms with van der Waals surface area (Å²) in [6, 6.07) is 7.81. The molecule has 6 heteroatoms. The lowest BCUT2D eigenvalue weighted by Crippen LogP contribution is -2.10. The van der Waals surface area contributed by atoms with Crippen LogP contribution in [0, 0.1) is 13.8 Å². The SMILES string of the molecule is Cc1ccc(Nc2cc(NN)nc(C)n2)c(Br)c1. The fraction of sp³-hybridized carbons (Fsp3) is 0.167. The van der Waals surface area contributed by atoms with Gasteiger partial charge < -0.3 is 10.7 Å². The van der Waals surface area contributed by atoms with Gasteiger partial charge >= 0.3 is 0 Å². The Morgan fingerprint density at radius 1 is 1.11 bits per heavy atom. The van der Waals surface area contributed by atoms with Crippen molar-refractivity contribution in [1.82, 2.24) is 9.97 Å². The number of aromatic nitrogens is 2. The molecule has 0 fully saturated rings. The summed E-state index contributed by atoms with van der Waals surface area (Å²) in [5, 5.41) is 3.22. The molecule has 0 saturated carbocycles. The van der Waals surface area contributed by atoms with Gasteiger partial charge in [-0.15, -0.1) is 0 Å². The van der Waals surface area contributed by atoms with Crippen LogP contribution in [-0.4, -0.2) is 9.97 Å². The molecule has 0 saturated heterocycles. The molecule has 1 heterocycles. The standard InChI is InChI=1S/C12H14BrN5/c1-7-3-4-10(9(13)5-7)17-11-6-12(18-14)16-8(2)15-11/h3-6H,14H2,1-2H3,(H2,15,16,17,18). The molecule has 2 aromatic rings. The van der Waals surface area contributed by atoms with Crippen LogP contribution in [0.2, 0.25) is 0 Å². The second kappa shape index (κ2) is 5.32. The Labute approximate surface area is 114 Å². The molecule has 94 valence electrons. The molecule has 0 aliphatic heterocycles. The number of nitrogens with two attached hydrogens (primary N) is 1. The lowest BCUT2D eigenvalue weighted by atomic mass is 10.2. The van der Waals surface area contributed by atoms with Crippen LogP contribution >= 0.6 is 15.9 Å². The molecule has 1 aromatic carbocycles. The van der Waals surface area contributed by atoms with E-state index in [1.54, 1.807) is 6.07 Å². The number of hydrogen-bond donors (Lipinski definition) is 3. The number of hydrazine groups is 1. The Kier molecular flexibility index (Phi) is 3.78. The second-order valence-corrected chi connectivity index (χ2v) is 4.79. The Morgan fingerprint density at radius 3 is 2.50 bits per heavy atom. The molecule has 2 rings (SSSR count). The average Bonchev–Trinajstić information content (AvgIpc) is 2.32. The molecule has 0 bridgehead atoms. The minimum atomic E-state index is 0.577. The van der Waals surface area contributed by atoms with Gasteiger partial charge in [0, 0.05) is 10.5 Å². The van der Waals surface area contributed by atoms with Crippen molar-refractivity contribution in [1.29, 1.82) is 0 Å². The number of nitrogen functional groups attached to an aromatic ring is 1. The van der Waals surface area contributed by atoms with Gasteiger partial charge in [-0.05, 0) is 47.5 Å². The molecule has 0 radical (unpaired) electrons. The fourth-order valence-corrected chi connectivity index (χ4v) is 2.16. The molecule has 4 N–H and O–H groups in total. The number of anilines is 3. The highest BCUT2D eigenvalue weighted by atomic mass is 79.9. The topological polar surface area (TPSA) is 75.9 Å². The average molecular weight is 308 g/mol. The van der Waals surface area contributed by atoms with Crippen LogP contribution in [-0.2, 0) is 0 Å². The minimum Gasteiger partial charge on any atom is -0.339 e. The minimum absolute atomic E-state index is 0.577. The van der Waals surface area contributed by atoms with Crippen molar-refractivity contribution in [2.75, 3.05) is 10.7 Å². The highest BCUT2D eigenvalue weighted by molar-refractivity contribution is 9.10. The highest BCUT2D eigenvalue weighted by Gasteiger charge is 2.04. The van der Waals surface area contributed by atoms with Crippen molar-refractivity contribution in [3.05, 3.63) is 40.1 Å². The van der Waals surface area contributed by atoms with E-state index in [1.165, 1.54) is 5.56 Å². The summed E-state index contributed by atoms with van der Waals surface area (Å²) in [4.78, 5) is 8.43. The molecule has 18 heavy (non-hydrogen) atoms. The maximum atomic E-state index is 5.35. The van der Waals surface area contributed by atoms with Gasteiger partial charge in [0.15, 0.2) is 0 Å². The largest absolute Gasteiger partial charge is 0.339 e. The van der Waals surface area contributed by atoms with Crippen molar-refractivity contribution in [2.24, 2.45) is 5.84 Å². The Balaban J connectivity index is 2.30. The van der Waals surface area contributed by atoms with Gasteiger partial charge in [-0.1, -0.05) is 6.07 Å². The van der Waals surface area contributed by atoms with Crippen molar-refractivity contribution in [2.45, 2.75) is 13.8 Å². The first-order chi connectivity index (χ1) is 8.58. The normalized spacial score (nSPS) is 10.2. The van der Waals surface area contributed by atoms with Crippen LogP contribution in [0.1, 0.15) is 11.4 Å². The van der Waals surface area contributed by atoms with Gasteiger partial charge in [-0.2, -0.15) is 0 Å². The first kappa shape index (κ1) is 12.8. The van der Waals surface area contributed by atoms with Crippen LogP contribution in [0.15, 0.2) is 28.7 Å². The monoisotopic (exact) mass is 307 g/mol. The van der Waals surface area contributed by atoms with Crippen LogP contribution in [0.3, 0.4) is 0 Å². The smallest absolute Gasteiger partial charge is 0.145 e. The van der Waals surface area contributed by atoms with Gasteiger partial charge in [-0.25, -0.2) is 15.8 Å². The summed E-state index contributed by atoms with van der Waals surface area (Å²) in [5.74, 6) is 7.27. The zero-order chi connectivity index (χ0) is 13.1. The summed E-state index contributed by atoms with van der Waals surface area (Å²) in [6.07, 6.45) is 0. The molecule has 5 nitrogen and oxygen atoms in total. The Hall–Kier alpha value is -1.66. The molecule has 0 unspecified atom stereocenters. The van der Waals surface area contributed by atoms with Crippen molar-refractivity contribution in [3.8, 4) is 0 Å². The fourth-order valence-electron chi connectivity index (χ4n) is 1.57. The number of aryl methyl sites for hydroxylation is 2. The molecule has 1 aromatic heterocycles. The highest BCUT2D eigenvalue weighted by Crippen LogP contribution is 2.26. The quantitative estimate of drug-likeness (QED) is 0.600. The van der Waals surface area contributed by atoms with Gasteiger partial charge in [0.1, 0.15) is 17.5 Å². The number of nitrogens with zero attached hydrogens (tertiary/aromatic N) is 2. The third kappa shape index (κ3) is 2.96. The summed E-state index contributed by atoms with van der Waals surface area (Å²) in [7, 11) is 0. The van der Waals surface area contributed by atoms with E-state index in [9.17, 15) is 0 Å². The zero-order valence-electron chi connectivity index (χ0n) is 10.2. The predicted molar refractivity (Wildman–Crippen MR) is 76.7 cm³/mol. The summed E-state index contributed by atoms with van der Waals surface area (Å²) < 4.78 is 0.987. The molecule has 0 aliphatic carbocycles. The van der Waals surface area contributed by atoms with E-state index in [2.05, 4.69) is 36.6 Å². The van der Waals surface area contributed by atoms with Crippen molar-refractivity contribution >= 4 is 33.3 Å².